The lowest BCUT2D eigenvalue weighted by molar-refractivity contribution is 0.270. The summed E-state index contributed by atoms with van der Waals surface area (Å²) in [6.45, 7) is 2.06. The molecule has 21 heavy (non-hydrogen) atoms. The lowest BCUT2D eigenvalue weighted by Gasteiger charge is -2.27. The molecule has 2 N–H and O–H groups in total. The van der Waals surface area contributed by atoms with Gasteiger partial charge in [0.05, 0.1) is 11.5 Å². The first kappa shape index (κ1) is 15.1. The second-order valence-electron chi connectivity index (χ2n) is 6.55. The summed E-state index contributed by atoms with van der Waals surface area (Å²) in [5.74, 6) is 0.579. The fourth-order valence-electron chi connectivity index (χ4n) is 3.29. The third-order valence-electron chi connectivity index (χ3n) is 4.58. The number of sulfonamides is 1. The zero-order valence-corrected chi connectivity index (χ0v) is 13.3. The first-order chi connectivity index (χ1) is 9.99. The van der Waals surface area contributed by atoms with E-state index in [4.69, 9.17) is 0 Å². The van der Waals surface area contributed by atoms with Crippen LogP contribution in [0.3, 0.4) is 0 Å². The van der Waals surface area contributed by atoms with Gasteiger partial charge in [-0.05, 0) is 37.7 Å². The van der Waals surface area contributed by atoms with Crippen LogP contribution in [-0.2, 0) is 16.6 Å². The van der Waals surface area contributed by atoms with Crippen LogP contribution in [0.2, 0.25) is 0 Å². The molecule has 2 saturated carbocycles. The van der Waals surface area contributed by atoms with E-state index in [1.807, 2.05) is 4.57 Å². The molecule has 0 amide bonds. The fraction of sp³-hybridized carbons (Fsp3) is 0.733. The number of nitrogens with one attached hydrogen (secondary N) is 1. The van der Waals surface area contributed by atoms with E-state index in [0.717, 1.165) is 32.1 Å². The van der Waals surface area contributed by atoms with Crippen molar-refractivity contribution in [1.82, 2.24) is 9.29 Å². The van der Waals surface area contributed by atoms with Crippen LogP contribution in [0, 0.1) is 5.92 Å². The van der Waals surface area contributed by atoms with Crippen molar-refractivity contribution in [3.8, 4) is 0 Å². The first-order valence-corrected chi connectivity index (χ1v) is 9.32. The van der Waals surface area contributed by atoms with Gasteiger partial charge >= 0.3 is 0 Å². The number of nitrogens with zero attached hydrogens (tertiary/aromatic N) is 1. The molecule has 118 valence electrons. The molecule has 0 saturated heterocycles. The molecule has 2 aliphatic carbocycles. The molecule has 0 bridgehead atoms. The summed E-state index contributed by atoms with van der Waals surface area (Å²) in [5.41, 5.74) is 0.690. The van der Waals surface area contributed by atoms with Crippen molar-refractivity contribution in [3.63, 3.8) is 0 Å². The highest BCUT2D eigenvalue weighted by Crippen LogP contribution is 2.37. The molecule has 2 atom stereocenters. The largest absolute Gasteiger partial charge is 0.390 e. The molecule has 1 aromatic rings. The molecular formula is C15H24N2O3S. The SMILES string of the molecule is CC1CCCC(NS(=O)(=O)c2cc(CO)n(C3CC3)c2)C1. The fourth-order valence-corrected chi connectivity index (χ4v) is 4.62. The van der Waals surface area contributed by atoms with Crippen LogP contribution in [0.4, 0.5) is 0 Å². The Hall–Kier alpha value is -0.850. The molecule has 0 spiro atoms. The number of hydrogen-bond donors (Lipinski definition) is 2. The lowest BCUT2D eigenvalue weighted by Crippen LogP contribution is -2.37. The maximum Gasteiger partial charge on any atom is 0.242 e. The Labute approximate surface area is 126 Å². The normalized spacial score (nSPS) is 27.0. The first-order valence-electron chi connectivity index (χ1n) is 7.83. The summed E-state index contributed by atoms with van der Waals surface area (Å²) >= 11 is 0. The second kappa shape index (κ2) is 5.74. The summed E-state index contributed by atoms with van der Waals surface area (Å²) in [6.07, 6.45) is 7.90. The minimum absolute atomic E-state index is 0.0422. The Bertz CT molecular complexity index is 604. The van der Waals surface area contributed by atoms with E-state index >= 15 is 0 Å². The molecule has 1 heterocycles. The van der Waals surface area contributed by atoms with Gasteiger partial charge in [-0.25, -0.2) is 13.1 Å². The Balaban J connectivity index is 1.77. The summed E-state index contributed by atoms with van der Waals surface area (Å²) in [5, 5.41) is 9.39. The number of aliphatic hydroxyl groups excluding tert-OH is 1. The van der Waals surface area contributed by atoms with Gasteiger partial charge in [0, 0.05) is 24.0 Å². The van der Waals surface area contributed by atoms with Gasteiger partial charge in [-0.3, -0.25) is 0 Å². The van der Waals surface area contributed by atoms with Crippen molar-refractivity contribution in [1.29, 1.82) is 0 Å². The van der Waals surface area contributed by atoms with E-state index in [1.54, 1.807) is 12.3 Å². The number of rotatable bonds is 5. The predicted octanol–water partition coefficient (Wildman–Crippen LogP) is 2.17. The Morgan fingerprint density at radius 2 is 2.10 bits per heavy atom. The smallest absolute Gasteiger partial charge is 0.242 e. The highest BCUT2D eigenvalue weighted by atomic mass is 32.2. The molecule has 6 heteroatoms. The summed E-state index contributed by atoms with van der Waals surface area (Å²) in [7, 11) is -3.48. The average molecular weight is 312 g/mol. The highest BCUT2D eigenvalue weighted by Gasteiger charge is 2.29. The van der Waals surface area contributed by atoms with Crippen LogP contribution < -0.4 is 4.72 Å². The minimum Gasteiger partial charge on any atom is -0.390 e. The molecule has 2 aliphatic rings. The van der Waals surface area contributed by atoms with E-state index in [9.17, 15) is 13.5 Å². The van der Waals surface area contributed by atoms with Crippen LogP contribution in [0.1, 0.15) is 57.2 Å². The average Bonchev–Trinajstić information content (AvgIpc) is 3.16. The van der Waals surface area contributed by atoms with E-state index in [2.05, 4.69) is 11.6 Å². The molecule has 0 aliphatic heterocycles. The number of aromatic nitrogens is 1. The topological polar surface area (TPSA) is 71.3 Å². The maximum atomic E-state index is 12.5. The van der Waals surface area contributed by atoms with Gasteiger partial charge < -0.3 is 9.67 Å². The zero-order chi connectivity index (χ0) is 15.0. The Morgan fingerprint density at radius 3 is 2.71 bits per heavy atom. The van der Waals surface area contributed by atoms with Gasteiger partial charge in [0.1, 0.15) is 0 Å². The second-order valence-corrected chi connectivity index (χ2v) is 8.27. The van der Waals surface area contributed by atoms with Gasteiger partial charge in [0.25, 0.3) is 0 Å². The third kappa shape index (κ3) is 3.33. The van der Waals surface area contributed by atoms with Crippen LogP contribution in [0.5, 0.6) is 0 Å². The quantitative estimate of drug-likeness (QED) is 0.875. The van der Waals surface area contributed by atoms with E-state index < -0.39 is 10.0 Å². The van der Waals surface area contributed by atoms with E-state index in [-0.39, 0.29) is 17.5 Å². The van der Waals surface area contributed by atoms with Crippen LogP contribution >= 0.6 is 0 Å². The summed E-state index contributed by atoms with van der Waals surface area (Å²) in [6, 6.07) is 2.01. The molecule has 5 nitrogen and oxygen atoms in total. The van der Waals surface area contributed by atoms with Crippen LogP contribution in [0.25, 0.3) is 0 Å². The van der Waals surface area contributed by atoms with E-state index in [1.165, 1.54) is 6.42 Å². The molecule has 3 rings (SSSR count). The van der Waals surface area contributed by atoms with E-state index in [0.29, 0.717) is 17.7 Å². The van der Waals surface area contributed by atoms with Crippen molar-refractivity contribution >= 4 is 10.0 Å². The standard InChI is InChI=1S/C15H24N2O3S/c1-11-3-2-4-12(7-11)16-21(19,20)15-8-14(10-18)17(9-15)13-5-6-13/h8-9,11-13,16,18H,2-7,10H2,1H3. The van der Waals surface area contributed by atoms with Gasteiger partial charge in [-0.1, -0.05) is 19.8 Å². The van der Waals surface area contributed by atoms with Crippen molar-refractivity contribution in [3.05, 3.63) is 18.0 Å². The molecule has 0 aromatic carbocycles. The Kier molecular flexibility index (Phi) is 4.12. The minimum atomic E-state index is -3.48. The lowest BCUT2D eigenvalue weighted by atomic mass is 9.88. The predicted molar refractivity (Wildman–Crippen MR) is 80.4 cm³/mol. The number of aliphatic hydroxyl groups is 1. The van der Waals surface area contributed by atoms with Crippen LogP contribution in [-0.4, -0.2) is 24.1 Å². The monoisotopic (exact) mass is 312 g/mol. The number of hydrogen-bond acceptors (Lipinski definition) is 3. The van der Waals surface area contributed by atoms with Gasteiger partial charge in [0.15, 0.2) is 0 Å². The molecule has 2 unspecified atom stereocenters. The van der Waals surface area contributed by atoms with Gasteiger partial charge in [0.2, 0.25) is 10.0 Å². The maximum absolute atomic E-state index is 12.5. The van der Waals surface area contributed by atoms with Crippen molar-refractivity contribution in [2.24, 2.45) is 5.92 Å². The molecule has 0 radical (unpaired) electrons. The molecule has 1 aromatic heterocycles. The zero-order valence-electron chi connectivity index (χ0n) is 12.5. The van der Waals surface area contributed by atoms with Crippen LogP contribution in [0.15, 0.2) is 17.2 Å². The molecule has 2 fully saturated rings. The summed E-state index contributed by atoms with van der Waals surface area (Å²) < 4.78 is 29.8. The van der Waals surface area contributed by atoms with Crippen molar-refractivity contribution < 1.29 is 13.5 Å². The van der Waals surface area contributed by atoms with Crippen molar-refractivity contribution in [2.45, 2.75) is 69.0 Å². The molecular weight excluding hydrogens is 288 g/mol. The van der Waals surface area contributed by atoms with Gasteiger partial charge in [-0.2, -0.15) is 0 Å². The third-order valence-corrected chi connectivity index (χ3v) is 6.07. The summed E-state index contributed by atoms with van der Waals surface area (Å²) in [4.78, 5) is 0.289. The van der Waals surface area contributed by atoms with Crippen molar-refractivity contribution in [2.75, 3.05) is 0 Å². The van der Waals surface area contributed by atoms with Gasteiger partial charge in [-0.15, -0.1) is 0 Å². The Morgan fingerprint density at radius 1 is 1.33 bits per heavy atom. The highest BCUT2D eigenvalue weighted by molar-refractivity contribution is 7.89.